The number of amides is 3. The van der Waals surface area contributed by atoms with Crippen LogP contribution in [-0.4, -0.2) is 11.9 Å². The fraction of sp³-hybridized carbons (Fsp3) is 0.222. The molecule has 2 rings (SSSR count). The molecule has 0 aliphatic carbocycles. The van der Waals surface area contributed by atoms with Gasteiger partial charge >= 0.3 is 6.03 Å². The zero-order valence-electron chi connectivity index (χ0n) is 13.4. The van der Waals surface area contributed by atoms with Crippen LogP contribution in [0, 0.1) is 6.92 Å². The van der Waals surface area contributed by atoms with E-state index in [4.69, 9.17) is 0 Å². The summed E-state index contributed by atoms with van der Waals surface area (Å²) in [5.74, 6) is -0.0639. The first kappa shape index (κ1) is 17.1. The monoisotopic (exact) mass is 328 g/mol. The molecule has 23 heavy (non-hydrogen) atoms. The van der Waals surface area contributed by atoms with Gasteiger partial charge in [-0.05, 0) is 54.1 Å². The van der Waals surface area contributed by atoms with Crippen molar-refractivity contribution in [2.75, 3.05) is 0 Å². The van der Waals surface area contributed by atoms with E-state index in [1.54, 1.807) is 24.3 Å². The standard InChI is InChI=1S/C18H20N2O2S/c1-12(2)15-10-9-13(3)11-16(15)23-20-18(22)19-17(21)14-7-5-4-6-8-14/h4-12H,1-3H3,(H2,19,20,21,22). The van der Waals surface area contributed by atoms with Gasteiger partial charge in [-0.2, -0.15) is 0 Å². The van der Waals surface area contributed by atoms with Crippen LogP contribution in [0.4, 0.5) is 4.79 Å². The first-order valence-corrected chi connectivity index (χ1v) is 8.23. The van der Waals surface area contributed by atoms with Gasteiger partial charge in [0.1, 0.15) is 0 Å². The number of carbonyl (C=O) groups is 2. The second-order valence-corrected chi connectivity index (χ2v) is 6.40. The van der Waals surface area contributed by atoms with E-state index in [2.05, 4.69) is 36.0 Å². The fourth-order valence-corrected chi connectivity index (χ4v) is 3.02. The normalized spacial score (nSPS) is 10.4. The first-order chi connectivity index (χ1) is 11.0. The predicted octanol–water partition coefficient (Wildman–Crippen LogP) is 4.27. The molecule has 0 radical (unpaired) electrons. The van der Waals surface area contributed by atoms with Crippen LogP contribution in [0.2, 0.25) is 0 Å². The molecule has 0 fully saturated rings. The Morgan fingerprint density at radius 2 is 1.74 bits per heavy atom. The fourth-order valence-electron chi connectivity index (χ4n) is 2.10. The van der Waals surface area contributed by atoms with E-state index < -0.39 is 11.9 Å². The molecule has 2 N–H and O–H groups in total. The van der Waals surface area contributed by atoms with Gasteiger partial charge in [-0.3, -0.25) is 14.8 Å². The van der Waals surface area contributed by atoms with Crippen LogP contribution in [0.5, 0.6) is 0 Å². The third-order valence-corrected chi connectivity index (χ3v) is 4.17. The molecule has 4 nitrogen and oxygen atoms in total. The minimum absolute atomic E-state index is 0.355. The Hall–Kier alpha value is -2.27. The predicted molar refractivity (Wildman–Crippen MR) is 93.6 cm³/mol. The van der Waals surface area contributed by atoms with E-state index in [0.717, 1.165) is 16.0 Å². The molecule has 0 saturated heterocycles. The SMILES string of the molecule is Cc1ccc(C(C)C)c(SNC(=O)NC(=O)c2ccccc2)c1. The molecule has 0 unspecified atom stereocenters. The van der Waals surface area contributed by atoms with Gasteiger partial charge < -0.3 is 0 Å². The van der Waals surface area contributed by atoms with Crippen molar-refractivity contribution >= 4 is 23.9 Å². The Balaban J connectivity index is 1.97. The van der Waals surface area contributed by atoms with Gasteiger partial charge in [-0.15, -0.1) is 0 Å². The Morgan fingerprint density at radius 3 is 2.39 bits per heavy atom. The van der Waals surface area contributed by atoms with Crippen molar-refractivity contribution < 1.29 is 9.59 Å². The van der Waals surface area contributed by atoms with Gasteiger partial charge in [-0.25, -0.2) is 4.79 Å². The highest BCUT2D eigenvalue weighted by Gasteiger charge is 2.12. The summed E-state index contributed by atoms with van der Waals surface area (Å²) in [7, 11) is 0. The Bertz CT molecular complexity index is 699. The first-order valence-electron chi connectivity index (χ1n) is 7.41. The molecule has 0 aliphatic heterocycles. The van der Waals surface area contributed by atoms with Crippen molar-refractivity contribution in [1.29, 1.82) is 0 Å². The van der Waals surface area contributed by atoms with Gasteiger partial charge in [-0.1, -0.05) is 44.2 Å². The number of hydrogen-bond donors (Lipinski definition) is 2. The minimum atomic E-state index is -0.528. The lowest BCUT2D eigenvalue weighted by Crippen LogP contribution is -2.36. The van der Waals surface area contributed by atoms with Crippen LogP contribution in [0.25, 0.3) is 0 Å². The maximum atomic E-state index is 11.9. The summed E-state index contributed by atoms with van der Waals surface area (Å²) >= 11 is 1.22. The number of aryl methyl sites for hydroxylation is 1. The zero-order chi connectivity index (χ0) is 16.8. The quantitative estimate of drug-likeness (QED) is 0.824. The number of benzene rings is 2. The average molecular weight is 328 g/mol. The summed E-state index contributed by atoms with van der Waals surface area (Å²) in [5.41, 5.74) is 2.74. The number of nitrogens with one attached hydrogen (secondary N) is 2. The Morgan fingerprint density at radius 1 is 1.04 bits per heavy atom. The minimum Gasteiger partial charge on any atom is -0.277 e. The second kappa shape index (κ2) is 7.83. The van der Waals surface area contributed by atoms with Crippen molar-refractivity contribution in [3.63, 3.8) is 0 Å². The lowest BCUT2D eigenvalue weighted by molar-refractivity contribution is 0.0965. The smallest absolute Gasteiger partial charge is 0.277 e. The molecule has 3 amide bonds. The molecule has 0 aromatic heterocycles. The topological polar surface area (TPSA) is 58.2 Å². The van der Waals surface area contributed by atoms with Crippen LogP contribution in [-0.2, 0) is 0 Å². The second-order valence-electron chi connectivity index (χ2n) is 5.55. The highest BCUT2D eigenvalue weighted by Crippen LogP contribution is 2.27. The van der Waals surface area contributed by atoms with Crippen molar-refractivity contribution in [3.05, 3.63) is 65.2 Å². The van der Waals surface area contributed by atoms with Crippen LogP contribution >= 0.6 is 11.9 Å². The number of rotatable bonds is 4. The lowest BCUT2D eigenvalue weighted by Gasteiger charge is -2.13. The average Bonchev–Trinajstić information content (AvgIpc) is 2.53. The van der Waals surface area contributed by atoms with Crippen LogP contribution in [0.15, 0.2) is 53.4 Å². The summed E-state index contributed by atoms with van der Waals surface area (Å²) in [6.07, 6.45) is 0. The van der Waals surface area contributed by atoms with Crippen molar-refractivity contribution in [2.24, 2.45) is 0 Å². The van der Waals surface area contributed by atoms with E-state index in [1.165, 1.54) is 11.9 Å². The molecule has 0 spiro atoms. The van der Waals surface area contributed by atoms with Gasteiger partial charge in [0.25, 0.3) is 5.91 Å². The molecule has 2 aromatic carbocycles. The van der Waals surface area contributed by atoms with Gasteiger partial charge in [0, 0.05) is 10.5 Å². The molecule has 5 heteroatoms. The molecule has 2 aromatic rings. The largest absolute Gasteiger partial charge is 0.331 e. The molecular formula is C18H20N2O2S. The number of imide groups is 1. The van der Waals surface area contributed by atoms with Crippen LogP contribution in [0.3, 0.4) is 0 Å². The van der Waals surface area contributed by atoms with Crippen LogP contribution < -0.4 is 10.0 Å². The molecule has 0 aliphatic rings. The van der Waals surface area contributed by atoms with Crippen molar-refractivity contribution in [3.8, 4) is 0 Å². The molecule has 120 valence electrons. The zero-order valence-corrected chi connectivity index (χ0v) is 14.2. The van der Waals surface area contributed by atoms with Crippen molar-refractivity contribution in [2.45, 2.75) is 31.6 Å². The van der Waals surface area contributed by atoms with Gasteiger partial charge in [0.05, 0.1) is 0 Å². The molecule has 0 atom stereocenters. The maximum Gasteiger partial charge on any atom is 0.331 e. The molecule has 0 heterocycles. The van der Waals surface area contributed by atoms with Crippen LogP contribution in [0.1, 0.15) is 41.3 Å². The van der Waals surface area contributed by atoms with E-state index in [9.17, 15) is 9.59 Å². The summed E-state index contributed by atoms with van der Waals surface area (Å²) in [4.78, 5) is 24.8. The third-order valence-electron chi connectivity index (χ3n) is 3.31. The lowest BCUT2D eigenvalue weighted by atomic mass is 10.0. The molecule has 0 bridgehead atoms. The summed E-state index contributed by atoms with van der Waals surface area (Å²) in [5, 5.41) is 2.32. The maximum absolute atomic E-state index is 11.9. The van der Waals surface area contributed by atoms with E-state index in [-0.39, 0.29) is 0 Å². The molecular weight excluding hydrogens is 308 g/mol. The highest BCUT2D eigenvalue weighted by molar-refractivity contribution is 7.98. The number of carbonyl (C=O) groups excluding carboxylic acids is 2. The summed E-state index contributed by atoms with van der Waals surface area (Å²) < 4.78 is 2.67. The Labute approximate surface area is 140 Å². The summed E-state index contributed by atoms with van der Waals surface area (Å²) in [6, 6.07) is 14.3. The number of hydrogen-bond acceptors (Lipinski definition) is 3. The number of urea groups is 1. The van der Waals surface area contributed by atoms with Gasteiger partial charge in [0.15, 0.2) is 0 Å². The van der Waals surface area contributed by atoms with E-state index >= 15 is 0 Å². The third kappa shape index (κ3) is 4.86. The van der Waals surface area contributed by atoms with E-state index in [0.29, 0.717) is 11.5 Å². The highest BCUT2D eigenvalue weighted by atomic mass is 32.2. The van der Waals surface area contributed by atoms with Crippen molar-refractivity contribution in [1.82, 2.24) is 10.0 Å². The Kier molecular flexibility index (Phi) is 5.82. The van der Waals surface area contributed by atoms with Gasteiger partial charge in [0.2, 0.25) is 0 Å². The van der Waals surface area contributed by atoms with E-state index in [1.807, 2.05) is 19.1 Å². The summed E-state index contributed by atoms with van der Waals surface area (Å²) in [6.45, 7) is 6.22. The molecule has 0 saturated carbocycles.